The number of hydrogen-bond acceptors (Lipinski definition) is 3. The minimum atomic E-state index is -4.58. The predicted molar refractivity (Wildman–Crippen MR) is 115 cm³/mol. The topological polar surface area (TPSA) is 58.6 Å². The first-order chi connectivity index (χ1) is 14.7. The van der Waals surface area contributed by atoms with Gasteiger partial charge < -0.3 is 4.98 Å². The fourth-order valence-corrected chi connectivity index (χ4v) is 3.95. The highest BCUT2D eigenvalue weighted by Gasteiger charge is 2.41. The molecule has 1 aromatic carbocycles. The molecule has 0 aliphatic carbocycles. The first-order valence-electron chi connectivity index (χ1n) is 9.49. The molecule has 0 amide bonds. The van der Waals surface area contributed by atoms with Gasteiger partial charge in [0.1, 0.15) is 10.8 Å². The van der Waals surface area contributed by atoms with Crippen molar-refractivity contribution < 1.29 is 13.2 Å². The minimum Gasteiger partial charge on any atom is -0.346 e. The molecule has 3 aromatic heterocycles. The van der Waals surface area contributed by atoms with E-state index in [2.05, 4.69) is 15.0 Å². The van der Waals surface area contributed by atoms with Gasteiger partial charge in [-0.15, -0.1) is 0 Å². The Balaban J connectivity index is 2.25. The standard InChI is InChI=1S/C23H17ClF3N3O/c1-12-10-15(11-17(24)29-12)19-18(13(2)23(25,26)27)20-16(31)8-9-28-22(20)30-21(19)14-6-4-3-5-7-14/h3-11,13H,1-2H3,(H,28,30,31). The number of aromatic nitrogens is 3. The van der Waals surface area contributed by atoms with E-state index in [0.717, 1.165) is 6.92 Å². The summed E-state index contributed by atoms with van der Waals surface area (Å²) in [4.78, 5) is 24.3. The lowest BCUT2D eigenvalue weighted by Crippen LogP contribution is -2.21. The predicted octanol–water partition coefficient (Wildman–Crippen LogP) is 6.28. The monoisotopic (exact) mass is 443 g/mol. The van der Waals surface area contributed by atoms with Crippen LogP contribution in [0.2, 0.25) is 5.15 Å². The van der Waals surface area contributed by atoms with Crippen molar-refractivity contribution >= 4 is 22.6 Å². The van der Waals surface area contributed by atoms with Gasteiger partial charge in [-0.3, -0.25) is 4.79 Å². The molecule has 0 bridgehead atoms. The van der Waals surface area contributed by atoms with E-state index in [1.165, 1.54) is 18.3 Å². The van der Waals surface area contributed by atoms with Crippen molar-refractivity contribution in [3.05, 3.63) is 81.4 Å². The van der Waals surface area contributed by atoms with Crippen LogP contribution in [0.1, 0.15) is 24.1 Å². The molecule has 31 heavy (non-hydrogen) atoms. The van der Waals surface area contributed by atoms with Gasteiger partial charge in [0.25, 0.3) is 0 Å². The van der Waals surface area contributed by atoms with Crippen molar-refractivity contribution in [3.8, 4) is 22.4 Å². The summed E-state index contributed by atoms with van der Waals surface area (Å²) in [5.74, 6) is -1.92. The maximum Gasteiger partial charge on any atom is 0.395 e. The molecule has 0 spiro atoms. The Morgan fingerprint density at radius 1 is 1.03 bits per heavy atom. The molecule has 0 fully saturated rings. The van der Waals surface area contributed by atoms with Gasteiger partial charge in [-0.2, -0.15) is 13.2 Å². The fraction of sp³-hybridized carbons (Fsp3) is 0.174. The van der Waals surface area contributed by atoms with E-state index in [9.17, 15) is 18.0 Å². The highest BCUT2D eigenvalue weighted by atomic mass is 35.5. The number of alkyl halides is 3. The van der Waals surface area contributed by atoms with Crippen LogP contribution in [0.5, 0.6) is 0 Å². The summed E-state index contributed by atoms with van der Waals surface area (Å²) in [7, 11) is 0. The van der Waals surface area contributed by atoms with Gasteiger partial charge in [-0.25, -0.2) is 9.97 Å². The van der Waals surface area contributed by atoms with Crippen molar-refractivity contribution in [3.63, 3.8) is 0 Å². The van der Waals surface area contributed by atoms with Crippen LogP contribution in [0.25, 0.3) is 33.4 Å². The summed E-state index contributed by atoms with van der Waals surface area (Å²) < 4.78 is 42.0. The Hall–Kier alpha value is -3.19. The molecule has 4 aromatic rings. The number of H-pyrrole nitrogens is 1. The fourth-order valence-electron chi connectivity index (χ4n) is 3.70. The summed E-state index contributed by atoms with van der Waals surface area (Å²) in [6, 6.07) is 13.2. The molecule has 3 heterocycles. The second-order valence-corrected chi connectivity index (χ2v) is 7.65. The van der Waals surface area contributed by atoms with Gasteiger partial charge in [0, 0.05) is 29.1 Å². The number of benzene rings is 1. The first-order valence-corrected chi connectivity index (χ1v) is 9.86. The maximum atomic E-state index is 14.0. The zero-order valence-electron chi connectivity index (χ0n) is 16.6. The van der Waals surface area contributed by atoms with Gasteiger partial charge in [0.15, 0.2) is 5.43 Å². The van der Waals surface area contributed by atoms with Gasteiger partial charge in [-0.05, 0) is 37.1 Å². The van der Waals surface area contributed by atoms with Crippen LogP contribution >= 0.6 is 11.6 Å². The lowest BCUT2D eigenvalue weighted by Gasteiger charge is -2.23. The van der Waals surface area contributed by atoms with Crippen LogP contribution in [0, 0.1) is 6.92 Å². The van der Waals surface area contributed by atoms with Crippen LogP contribution in [-0.2, 0) is 0 Å². The molecule has 4 rings (SSSR count). The van der Waals surface area contributed by atoms with E-state index in [0.29, 0.717) is 22.5 Å². The number of aromatic amines is 1. The summed E-state index contributed by atoms with van der Waals surface area (Å²) in [5.41, 5.74) is 1.53. The van der Waals surface area contributed by atoms with E-state index in [4.69, 9.17) is 11.6 Å². The average molecular weight is 444 g/mol. The third-order valence-corrected chi connectivity index (χ3v) is 5.31. The molecule has 8 heteroatoms. The maximum absolute atomic E-state index is 14.0. The third-order valence-electron chi connectivity index (χ3n) is 5.12. The molecule has 0 saturated carbocycles. The average Bonchev–Trinajstić information content (AvgIpc) is 2.71. The molecular formula is C23H17ClF3N3O. The highest BCUT2D eigenvalue weighted by Crippen LogP contribution is 2.45. The van der Waals surface area contributed by atoms with Crippen molar-refractivity contribution in [2.75, 3.05) is 0 Å². The van der Waals surface area contributed by atoms with Gasteiger partial charge in [0.05, 0.1) is 17.0 Å². The molecule has 4 nitrogen and oxygen atoms in total. The number of hydrogen-bond donors (Lipinski definition) is 1. The molecule has 0 aliphatic heterocycles. The molecule has 158 valence electrons. The van der Waals surface area contributed by atoms with E-state index >= 15 is 0 Å². The highest BCUT2D eigenvalue weighted by molar-refractivity contribution is 6.29. The van der Waals surface area contributed by atoms with E-state index in [1.807, 2.05) is 0 Å². The third kappa shape index (κ3) is 3.93. The second-order valence-electron chi connectivity index (χ2n) is 7.26. The normalized spacial score (nSPS) is 12.8. The summed E-state index contributed by atoms with van der Waals surface area (Å²) >= 11 is 6.15. The number of aryl methyl sites for hydroxylation is 1. The molecule has 0 aliphatic rings. The molecule has 0 radical (unpaired) electrons. The molecule has 1 N–H and O–H groups in total. The molecule has 0 saturated heterocycles. The zero-order valence-corrected chi connectivity index (χ0v) is 17.3. The largest absolute Gasteiger partial charge is 0.395 e. The molecule has 1 atom stereocenters. The van der Waals surface area contributed by atoms with Crippen LogP contribution in [0.4, 0.5) is 13.2 Å². The first kappa shape index (κ1) is 21.1. The van der Waals surface area contributed by atoms with Crippen molar-refractivity contribution in [1.29, 1.82) is 0 Å². The Morgan fingerprint density at radius 3 is 2.39 bits per heavy atom. The Labute approximate surface area is 180 Å². The molecular weight excluding hydrogens is 427 g/mol. The van der Waals surface area contributed by atoms with E-state index < -0.39 is 17.5 Å². The number of pyridine rings is 3. The lowest BCUT2D eigenvalue weighted by molar-refractivity contribution is -0.145. The number of nitrogens with zero attached hydrogens (tertiary/aromatic N) is 2. The lowest BCUT2D eigenvalue weighted by atomic mass is 9.86. The van der Waals surface area contributed by atoms with E-state index in [-0.39, 0.29) is 27.3 Å². The van der Waals surface area contributed by atoms with Crippen LogP contribution in [-0.4, -0.2) is 21.1 Å². The smallest absolute Gasteiger partial charge is 0.346 e. The summed E-state index contributed by atoms with van der Waals surface area (Å²) in [5, 5.41) is 0.0503. The van der Waals surface area contributed by atoms with Gasteiger partial charge in [-0.1, -0.05) is 41.9 Å². The Bertz CT molecular complexity index is 1310. The zero-order chi connectivity index (χ0) is 22.3. The van der Waals surface area contributed by atoms with Crippen LogP contribution in [0.3, 0.4) is 0 Å². The Morgan fingerprint density at radius 2 is 1.74 bits per heavy atom. The van der Waals surface area contributed by atoms with Crippen molar-refractivity contribution in [2.45, 2.75) is 25.9 Å². The summed E-state index contributed by atoms with van der Waals surface area (Å²) in [6.45, 7) is 2.75. The van der Waals surface area contributed by atoms with Crippen LogP contribution in [0.15, 0.2) is 59.5 Å². The van der Waals surface area contributed by atoms with Crippen molar-refractivity contribution in [1.82, 2.24) is 15.0 Å². The number of rotatable bonds is 3. The second kappa shape index (κ2) is 7.81. The Kier molecular flexibility index (Phi) is 5.31. The van der Waals surface area contributed by atoms with Gasteiger partial charge >= 0.3 is 6.18 Å². The van der Waals surface area contributed by atoms with E-state index in [1.54, 1.807) is 43.3 Å². The summed E-state index contributed by atoms with van der Waals surface area (Å²) in [6.07, 6.45) is -3.20. The van der Waals surface area contributed by atoms with Gasteiger partial charge in [0.2, 0.25) is 0 Å². The van der Waals surface area contributed by atoms with Crippen LogP contribution < -0.4 is 5.43 Å². The SMILES string of the molecule is Cc1cc(-c2c(-c3ccccc3)nc3[nH]ccc(=O)c3c2C(C)C(F)(F)F)cc(Cl)n1. The molecule has 1 unspecified atom stereocenters. The number of fused-ring (bicyclic) bond motifs is 1. The van der Waals surface area contributed by atoms with Crippen molar-refractivity contribution in [2.24, 2.45) is 0 Å². The number of nitrogens with one attached hydrogen (secondary N) is 1. The quantitative estimate of drug-likeness (QED) is 0.379. The minimum absolute atomic E-state index is 0.0902. The number of halogens is 4.